The molecule has 2 aliphatic heterocycles. The van der Waals surface area contributed by atoms with E-state index >= 15 is 0 Å². The van der Waals surface area contributed by atoms with E-state index in [9.17, 15) is 9.90 Å². The van der Waals surface area contributed by atoms with Gasteiger partial charge < -0.3 is 10.4 Å². The molecule has 1 saturated carbocycles. The van der Waals surface area contributed by atoms with Crippen molar-refractivity contribution in [3.05, 3.63) is 0 Å². The van der Waals surface area contributed by atoms with Crippen LogP contribution in [0.2, 0.25) is 0 Å². The topological polar surface area (TPSA) is 49.3 Å². The van der Waals surface area contributed by atoms with E-state index in [1.165, 1.54) is 0 Å². The Hall–Kier alpha value is -0.410. The highest BCUT2D eigenvalue weighted by Gasteiger charge is 2.42. The van der Waals surface area contributed by atoms with Crippen molar-refractivity contribution in [2.75, 3.05) is 0 Å². The van der Waals surface area contributed by atoms with Crippen LogP contribution in [0.5, 0.6) is 0 Å². The highest BCUT2D eigenvalue weighted by atomic mass is 16.3. The fourth-order valence-electron chi connectivity index (χ4n) is 2.51. The summed E-state index contributed by atoms with van der Waals surface area (Å²) in [7, 11) is 0. The molecule has 0 spiro atoms. The Bertz CT molecular complexity index is 205. The maximum absolute atomic E-state index is 11.2. The maximum Gasteiger partial charge on any atom is 0.147 e. The van der Waals surface area contributed by atoms with Gasteiger partial charge >= 0.3 is 0 Å². The molecule has 2 N–H and O–H groups in total. The summed E-state index contributed by atoms with van der Waals surface area (Å²) in [6.07, 6.45) is 2.70. The Morgan fingerprint density at radius 1 is 1.50 bits per heavy atom. The molecule has 2 heterocycles. The Morgan fingerprint density at radius 2 is 2.25 bits per heavy atom. The van der Waals surface area contributed by atoms with Crippen molar-refractivity contribution in [2.45, 2.75) is 44.4 Å². The van der Waals surface area contributed by atoms with Gasteiger partial charge in [-0.3, -0.25) is 4.79 Å². The molecule has 2 bridgehead atoms. The number of hydrogen-bond acceptors (Lipinski definition) is 3. The Kier molecular flexibility index (Phi) is 1.93. The number of carbonyl (C=O) groups excluding carboxylic acids is 1. The lowest BCUT2D eigenvalue weighted by Crippen LogP contribution is -2.60. The van der Waals surface area contributed by atoms with Crippen LogP contribution >= 0.6 is 0 Å². The number of Topliss-reactive ketones (excluding diaryl/α,β-unsaturated/α-hetero) is 1. The van der Waals surface area contributed by atoms with Crippen LogP contribution in [-0.2, 0) is 4.79 Å². The molecule has 0 radical (unpaired) electrons. The molecule has 0 unspecified atom stereocenters. The SMILES string of the molecule is CC(=O)[C@H]1N[C@H]2CC[C@@H]1[C@H](O)C2. The first-order chi connectivity index (χ1) is 5.68. The first kappa shape index (κ1) is 8.20. The summed E-state index contributed by atoms with van der Waals surface area (Å²) in [5, 5.41) is 12.9. The quantitative estimate of drug-likeness (QED) is 0.584. The van der Waals surface area contributed by atoms with E-state index in [0.717, 1.165) is 19.3 Å². The number of piperidine rings is 2. The van der Waals surface area contributed by atoms with E-state index in [1.54, 1.807) is 6.92 Å². The molecule has 4 atom stereocenters. The largest absolute Gasteiger partial charge is 0.393 e. The average Bonchev–Trinajstić information content (AvgIpc) is 2.04. The maximum atomic E-state index is 11.2. The highest BCUT2D eigenvalue weighted by molar-refractivity contribution is 5.82. The van der Waals surface area contributed by atoms with Gasteiger partial charge in [0.15, 0.2) is 0 Å². The molecule has 3 rings (SSSR count). The Balaban J connectivity index is 2.14. The summed E-state index contributed by atoms with van der Waals surface area (Å²) in [4.78, 5) is 11.2. The van der Waals surface area contributed by atoms with Gasteiger partial charge in [0.2, 0.25) is 0 Å². The molecule has 0 aromatic carbocycles. The number of hydrogen-bond donors (Lipinski definition) is 2. The second-order valence-corrected chi connectivity index (χ2v) is 4.00. The van der Waals surface area contributed by atoms with Gasteiger partial charge in [-0.15, -0.1) is 0 Å². The van der Waals surface area contributed by atoms with Crippen LogP contribution in [0.15, 0.2) is 0 Å². The Labute approximate surface area is 72.2 Å². The van der Waals surface area contributed by atoms with Crippen molar-refractivity contribution in [3.63, 3.8) is 0 Å². The normalized spacial score (nSPS) is 46.2. The van der Waals surface area contributed by atoms with E-state index in [-0.39, 0.29) is 23.8 Å². The summed E-state index contributed by atoms with van der Waals surface area (Å²) in [5.74, 6) is 0.343. The van der Waals surface area contributed by atoms with Crippen LogP contribution in [0.3, 0.4) is 0 Å². The third-order valence-corrected chi connectivity index (χ3v) is 3.15. The minimum absolute atomic E-state index is 0.0764. The molecular weight excluding hydrogens is 154 g/mol. The number of rotatable bonds is 1. The van der Waals surface area contributed by atoms with E-state index in [4.69, 9.17) is 0 Å². The minimum atomic E-state index is -0.251. The molecule has 12 heavy (non-hydrogen) atoms. The van der Waals surface area contributed by atoms with Crippen LogP contribution in [-0.4, -0.2) is 29.1 Å². The zero-order chi connectivity index (χ0) is 8.72. The standard InChI is InChI=1S/C9H15NO2/c1-5(11)9-7-3-2-6(10-9)4-8(7)12/h6-10,12H,2-4H2,1H3/t6-,7+,8+,9+/m0/s1. The predicted octanol–water partition coefficient (Wildman–Crippen LogP) is 0.0768. The first-order valence-electron chi connectivity index (χ1n) is 4.63. The number of ketones is 1. The van der Waals surface area contributed by atoms with Gasteiger partial charge in [-0.05, 0) is 26.2 Å². The molecule has 68 valence electrons. The molecular formula is C9H15NO2. The third-order valence-electron chi connectivity index (χ3n) is 3.15. The monoisotopic (exact) mass is 169 g/mol. The summed E-state index contributed by atoms with van der Waals surface area (Å²) in [6.45, 7) is 1.60. The number of fused-ring (bicyclic) bond motifs is 3. The number of nitrogens with one attached hydrogen (secondary N) is 1. The fraction of sp³-hybridized carbons (Fsp3) is 0.889. The summed E-state index contributed by atoms with van der Waals surface area (Å²) >= 11 is 0. The van der Waals surface area contributed by atoms with Crippen LogP contribution in [0.25, 0.3) is 0 Å². The molecule has 3 nitrogen and oxygen atoms in total. The smallest absolute Gasteiger partial charge is 0.147 e. The van der Waals surface area contributed by atoms with Crippen LogP contribution in [0.4, 0.5) is 0 Å². The van der Waals surface area contributed by atoms with Gasteiger partial charge in [0, 0.05) is 12.0 Å². The molecule has 0 aromatic rings. The molecule has 0 amide bonds. The van der Waals surface area contributed by atoms with Gasteiger partial charge in [-0.25, -0.2) is 0 Å². The van der Waals surface area contributed by atoms with E-state index in [0.29, 0.717) is 6.04 Å². The van der Waals surface area contributed by atoms with Crippen molar-refractivity contribution >= 4 is 5.78 Å². The van der Waals surface area contributed by atoms with Gasteiger partial charge in [0.1, 0.15) is 5.78 Å². The minimum Gasteiger partial charge on any atom is -0.393 e. The molecule has 3 fully saturated rings. The zero-order valence-electron chi connectivity index (χ0n) is 7.29. The number of aliphatic hydroxyl groups is 1. The molecule has 3 heteroatoms. The lowest BCUT2D eigenvalue weighted by molar-refractivity contribution is -0.125. The fourth-order valence-corrected chi connectivity index (χ4v) is 2.51. The lowest BCUT2D eigenvalue weighted by atomic mass is 9.73. The second-order valence-electron chi connectivity index (χ2n) is 4.00. The number of aliphatic hydroxyl groups excluding tert-OH is 1. The number of carbonyl (C=O) groups is 1. The van der Waals surface area contributed by atoms with Gasteiger partial charge in [-0.2, -0.15) is 0 Å². The predicted molar refractivity (Wildman–Crippen MR) is 44.7 cm³/mol. The van der Waals surface area contributed by atoms with E-state index in [2.05, 4.69) is 5.32 Å². The summed E-state index contributed by atoms with van der Waals surface area (Å²) < 4.78 is 0. The van der Waals surface area contributed by atoms with Crippen molar-refractivity contribution in [1.29, 1.82) is 0 Å². The van der Waals surface area contributed by atoms with Crippen molar-refractivity contribution < 1.29 is 9.90 Å². The average molecular weight is 169 g/mol. The van der Waals surface area contributed by atoms with Crippen molar-refractivity contribution in [3.8, 4) is 0 Å². The third kappa shape index (κ3) is 1.17. The summed E-state index contributed by atoms with van der Waals surface area (Å²) in [5.41, 5.74) is 0. The Morgan fingerprint density at radius 3 is 2.67 bits per heavy atom. The zero-order valence-corrected chi connectivity index (χ0v) is 7.29. The van der Waals surface area contributed by atoms with Gasteiger partial charge in [-0.1, -0.05) is 0 Å². The van der Waals surface area contributed by atoms with Crippen LogP contribution in [0.1, 0.15) is 26.2 Å². The lowest BCUT2D eigenvalue weighted by Gasteiger charge is -2.45. The molecule has 0 aromatic heterocycles. The molecule has 1 aliphatic carbocycles. The van der Waals surface area contributed by atoms with E-state index < -0.39 is 0 Å². The molecule has 2 saturated heterocycles. The molecule has 3 aliphatic rings. The highest BCUT2D eigenvalue weighted by Crippen LogP contribution is 2.33. The van der Waals surface area contributed by atoms with Crippen LogP contribution < -0.4 is 5.32 Å². The first-order valence-corrected chi connectivity index (χ1v) is 4.63. The van der Waals surface area contributed by atoms with Crippen molar-refractivity contribution in [1.82, 2.24) is 5.32 Å². The van der Waals surface area contributed by atoms with Gasteiger partial charge in [0.05, 0.1) is 12.1 Å². The van der Waals surface area contributed by atoms with Gasteiger partial charge in [0.25, 0.3) is 0 Å². The van der Waals surface area contributed by atoms with E-state index in [1.807, 2.05) is 0 Å². The van der Waals surface area contributed by atoms with Crippen molar-refractivity contribution in [2.24, 2.45) is 5.92 Å². The second kappa shape index (κ2) is 2.82. The summed E-state index contributed by atoms with van der Waals surface area (Å²) in [6, 6.07) is 0.298. The van der Waals surface area contributed by atoms with Crippen LogP contribution in [0, 0.1) is 5.92 Å².